The van der Waals surface area contributed by atoms with Crippen LogP contribution in [0, 0.1) is 0 Å². The number of carbonyl (C=O) groups excluding carboxylic acids is 2. The third-order valence-electron chi connectivity index (χ3n) is 5.02. The van der Waals surface area contributed by atoms with Gasteiger partial charge in [-0.25, -0.2) is 5.48 Å². The molecule has 0 aromatic heterocycles. The molecule has 1 aliphatic heterocycles. The molecule has 0 saturated heterocycles. The molecule has 0 fully saturated rings. The Morgan fingerprint density at radius 2 is 1.70 bits per heavy atom. The van der Waals surface area contributed by atoms with Gasteiger partial charge < -0.3 is 10.2 Å². The van der Waals surface area contributed by atoms with Crippen LogP contribution in [-0.2, 0) is 11.3 Å². The Kier molecular flexibility index (Phi) is 5.59. The minimum Gasteiger partial charge on any atom is -0.350 e. The molecule has 1 heterocycles. The first-order valence-electron chi connectivity index (χ1n) is 9.59. The molecule has 1 atom stereocenters. The van der Waals surface area contributed by atoms with E-state index in [1.165, 1.54) is 0 Å². The molecule has 3 aromatic rings. The molecule has 6 nitrogen and oxygen atoms in total. The maximum absolute atomic E-state index is 12.9. The Hall–Kier alpha value is -3.90. The number of hydrogen-bond donors (Lipinski definition) is 3. The summed E-state index contributed by atoms with van der Waals surface area (Å²) in [5, 5.41) is 11.8. The summed E-state index contributed by atoms with van der Waals surface area (Å²) in [4.78, 5) is 26.5. The Morgan fingerprint density at radius 3 is 2.43 bits per heavy atom. The van der Waals surface area contributed by atoms with E-state index in [0.717, 1.165) is 22.5 Å². The molecular formula is C24H21N3O3. The molecule has 0 unspecified atom stereocenters. The van der Waals surface area contributed by atoms with Crippen LogP contribution in [0.2, 0.25) is 0 Å². The summed E-state index contributed by atoms with van der Waals surface area (Å²) in [6, 6.07) is 24.0. The number of hydroxylamine groups is 1. The van der Waals surface area contributed by atoms with E-state index < -0.39 is 11.9 Å². The van der Waals surface area contributed by atoms with Crippen molar-refractivity contribution in [3.05, 3.63) is 102 Å². The van der Waals surface area contributed by atoms with Gasteiger partial charge in [-0.2, -0.15) is 0 Å². The van der Waals surface area contributed by atoms with Gasteiger partial charge in [-0.05, 0) is 35.4 Å². The van der Waals surface area contributed by atoms with Crippen molar-refractivity contribution >= 4 is 29.3 Å². The third-order valence-corrected chi connectivity index (χ3v) is 5.02. The summed E-state index contributed by atoms with van der Waals surface area (Å²) in [7, 11) is 0. The lowest BCUT2D eigenvalue weighted by Gasteiger charge is -2.36. The highest BCUT2D eigenvalue weighted by atomic mass is 16.5. The van der Waals surface area contributed by atoms with Crippen molar-refractivity contribution in [3.8, 4) is 0 Å². The van der Waals surface area contributed by atoms with E-state index >= 15 is 0 Å². The van der Waals surface area contributed by atoms with Crippen molar-refractivity contribution in [3.63, 3.8) is 0 Å². The van der Waals surface area contributed by atoms with Gasteiger partial charge in [0.1, 0.15) is 6.04 Å². The summed E-state index contributed by atoms with van der Waals surface area (Å²) in [6.07, 6.45) is 3.84. The van der Waals surface area contributed by atoms with Gasteiger partial charge in [0.25, 0.3) is 11.8 Å². The Morgan fingerprint density at radius 1 is 1.00 bits per heavy atom. The first-order valence-corrected chi connectivity index (χ1v) is 9.59. The molecule has 0 radical (unpaired) electrons. The van der Waals surface area contributed by atoms with Crippen LogP contribution < -0.4 is 15.7 Å². The molecule has 4 rings (SSSR count). The van der Waals surface area contributed by atoms with Gasteiger partial charge in [0.15, 0.2) is 0 Å². The molecule has 0 saturated carbocycles. The van der Waals surface area contributed by atoms with Gasteiger partial charge in [0.2, 0.25) is 0 Å². The number of carbonyl (C=O) groups is 2. The number of anilines is 2. The van der Waals surface area contributed by atoms with E-state index in [0.29, 0.717) is 12.1 Å². The largest absolute Gasteiger partial charge is 0.350 e. The zero-order valence-electron chi connectivity index (χ0n) is 16.2. The second-order valence-corrected chi connectivity index (χ2v) is 6.99. The van der Waals surface area contributed by atoms with E-state index in [2.05, 4.69) is 5.32 Å². The summed E-state index contributed by atoms with van der Waals surface area (Å²) < 4.78 is 0. The minimum absolute atomic E-state index is 0.0999. The monoisotopic (exact) mass is 399 g/mol. The predicted octanol–water partition coefficient (Wildman–Crippen LogP) is 3.85. The van der Waals surface area contributed by atoms with Crippen molar-refractivity contribution in [1.29, 1.82) is 0 Å². The van der Waals surface area contributed by atoms with Crippen LogP contribution in [-0.4, -0.2) is 23.1 Å². The first kappa shape index (κ1) is 19.4. The molecular weight excluding hydrogens is 378 g/mol. The number of benzene rings is 3. The lowest BCUT2D eigenvalue weighted by molar-refractivity contribution is -0.116. The Balaban J connectivity index is 1.66. The molecule has 0 aliphatic carbocycles. The first-order chi connectivity index (χ1) is 14.7. The highest BCUT2D eigenvalue weighted by Gasteiger charge is 2.30. The summed E-state index contributed by atoms with van der Waals surface area (Å²) in [5.41, 5.74) is 5.64. The van der Waals surface area contributed by atoms with Crippen LogP contribution in [0.15, 0.2) is 84.9 Å². The molecule has 3 N–H and O–H groups in total. The fourth-order valence-electron chi connectivity index (χ4n) is 3.49. The average molecular weight is 399 g/mol. The topological polar surface area (TPSA) is 81.7 Å². The molecule has 150 valence electrons. The normalized spacial score (nSPS) is 15.6. The number of rotatable bonds is 5. The Labute approximate surface area is 174 Å². The minimum atomic E-state index is -0.562. The highest BCUT2D eigenvalue weighted by molar-refractivity contribution is 6.05. The summed E-state index contributed by atoms with van der Waals surface area (Å²) in [5.74, 6) is -0.662. The van der Waals surface area contributed by atoms with Gasteiger partial charge >= 0.3 is 0 Å². The average Bonchev–Trinajstić information content (AvgIpc) is 2.79. The van der Waals surface area contributed by atoms with Crippen LogP contribution in [0.4, 0.5) is 11.4 Å². The van der Waals surface area contributed by atoms with Crippen molar-refractivity contribution in [2.75, 3.05) is 10.2 Å². The summed E-state index contributed by atoms with van der Waals surface area (Å²) >= 11 is 0. The van der Waals surface area contributed by atoms with Gasteiger partial charge in [-0.3, -0.25) is 14.8 Å². The van der Waals surface area contributed by atoms with Gasteiger partial charge in [-0.15, -0.1) is 0 Å². The van der Waals surface area contributed by atoms with E-state index in [9.17, 15) is 9.59 Å². The van der Waals surface area contributed by atoms with E-state index in [1.54, 1.807) is 17.6 Å². The zero-order chi connectivity index (χ0) is 20.9. The Bertz CT molecular complexity index is 1080. The number of hydrogen-bond acceptors (Lipinski definition) is 4. The van der Waals surface area contributed by atoms with E-state index in [-0.39, 0.29) is 5.91 Å². The van der Waals surface area contributed by atoms with Gasteiger partial charge in [0, 0.05) is 12.1 Å². The lowest BCUT2D eigenvalue weighted by Crippen LogP contribution is -2.46. The number of fused-ring (bicyclic) bond motifs is 1. The van der Waals surface area contributed by atoms with E-state index in [4.69, 9.17) is 5.21 Å². The van der Waals surface area contributed by atoms with Crippen molar-refractivity contribution in [2.24, 2.45) is 0 Å². The molecule has 1 aliphatic rings. The summed E-state index contributed by atoms with van der Waals surface area (Å²) in [6.45, 7) is 0.481. The van der Waals surface area contributed by atoms with E-state index in [1.807, 2.05) is 83.8 Å². The SMILES string of the molecule is O=C(NO)c1ccc(CN2c3ccccc3NC(=O)[C@H]2C=Cc2ccccc2)cc1. The van der Waals surface area contributed by atoms with Crippen LogP contribution >= 0.6 is 0 Å². The van der Waals surface area contributed by atoms with Crippen LogP contribution in [0.5, 0.6) is 0 Å². The fraction of sp³-hybridized carbons (Fsp3) is 0.0833. The highest BCUT2D eigenvalue weighted by Crippen LogP contribution is 2.33. The predicted molar refractivity (Wildman–Crippen MR) is 116 cm³/mol. The van der Waals surface area contributed by atoms with Crippen molar-refractivity contribution < 1.29 is 14.8 Å². The van der Waals surface area contributed by atoms with Crippen LogP contribution in [0.1, 0.15) is 21.5 Å². The molecule has 6 heteroatoms. The number of para-hydroxylation sites is 2. The zero-order valence-corrected chi connectivity index (χ0v) is 16.2. The van der Waals surface area contributed by atoms with Crippen molar-refractivity contribution in [1.82, 2.24) is 5.48 Å². The maximum Gasteiger partial charge on any atom is 0.274 e. The smallest absolute Gasteiger partial charge is 0.274 e. The van der Waals surface area contributed by atoms with Crippen LogP contribution in [0.3, 0.4) is 0 Å². The second kappa shape index (κ2) is 8.63. The number of nitrogens with one attached hydrogen (secondary N) is 2. The standard InChI is InChI=1S/C24H21N3O3/c28-23(26-30)19-13-10-18(11-14-19)16-27-21-9-5-4-8-20(21)25-24(29)22(27)15-12-17-6-2-1-3-7-17/h1-15,22,30H,16H2,(H,25,29)(H,26,28)/t22-/m1/s1. The van der Waals surface area contributed by atoms with Gasteiger partial charge in [0.05, 0.1) is 11.4 Å². The molecule has 30 heavy (non-hydrogen) atoms. The van der Waals surface area contributed by atoms with Crippen LogP contribution in [0.25, 0.3) is 6.08 Å². The third kappa shape index (κ3) is 4.09. The molecule has 2 amide bonds. The van der Waals surface area contributed by atoms with Crippen molar-refractivity contribution in [2.45, 2.75) is 12.6 Å². The van der Waals surface area contributed by atoms with Gasteiger partial charge in [-0.1, -0.05) is 66.7 Å². The molecule has 0 bridgehead atoms. The lowest BCUT2D eigenvalue weighted by atomic mass is 10.0. The fourth-order valence-corrected chi connectivity index (χ4v) is 3.49. The molecule has 3 aromatic carbocycles. The maximum atomic E-state index is 12.9. The second-order valence-electron chi connectivity index (χ2n) is 6.99. The quantitative estimate of drug-likeness (QED) is 0.450. The number of amides is 2. The molecule has 0 spiro atoms. The number of nitrogens with zero attached hydrogens (tertiary/aromatic N) is 1.